The number of benzene rings is 2. The first-order chi connectivity index (χ1) is 9.27. The Morgan fingerprint density at radius 3 is 2.47 bits per heavy atom. The van der Waals surface area contributed by atoms with Crippen molar-refractivity contribution >= 4 is 39.2 Å². The number of hydrogen-bond donors (Lipinski definition) is 0. The average molecular weight is 291 g/mol. The average Bonchev–Trinajstić information content (AvgIpc) is 2.46. The van der Waals surface area contributed by atoms with E-state index in [9.17, 15) is 0 Å². The second-order valence-corrected chi connectivity index (χ2v) is 6.62. The Labute approximate surface area is 125 Å². The SMILES string of the molecule is ClB(Cl)[C@@H]1CCCC[C@H]1c1cccc2ccccc12. The van der Waals surface area contributed by atoms with Gasteiger partial charge in [-0.25, -0.2) is 0 Å². The molecule has 0 aliphatic heterocycles. The maximum Gasteiger partial charge on any atom is 0.355 e. The maximum atomic E-state index is 6.22. The van der Waals surface area contributed by atoms with Crippen molar-refractivity contribution in [2.45, 2.75) is 37.4 Å². The maximum absolute atomic E-state index is 6.22. The fourth-order valence-electron chi connectivity index (χ4n) is 3.42. The van der Waals surface area contributed by atoms with E-state index < -0.39 is 0 Å². The molecule has 0 heterocycles. The van der Waals surface area contributed by atoms with Crippen LogP contribution >= 0.6 is 22.9 Å². The molecule has 0 nitrogen and oxygen atoms in total. The van der Waals surface area contributed by atoms with Gasteiger partial charge >= 0.3 is 5.54 Å². The normalized spacial score (nSPS) is 23.5. The quantitative estimate of drug-likeness (QED) is 0.610. The molecule has 0 unspecified atom stereocenters. The summed E-state index contributed by atoms with van der Waals surface area (Å²) >= 11 is 12.4. The van der Waals surface area contributed by atoms with E-state index in [-0.39, 0.29) is 5.54 Å². The summed E-state index contributed by atoms with van der Waals surface area (Å²) in [6, 6.07) is 15.2. The summed E-state index contributed by atoms with van der Waals surface area (Å²) in [5.41, 5.74) is 1.17. The highest BCUT2D eigenvalue weighted by Crippen LogP contribution is 2.46. The van der Waals surface area contributed by atoms with Crippen molar-refractivity contribution < 1.29 is 0 Å². The van der Waals surface area contributed by atoms with Crippen molar-refractivity contribution in [3.05, 3.63) is 48.0 Å². The minimum atomic E-state index is -0.260. The van der Waals surface area contributed by atoms with Gasteiger partial charge in [-0.05, 0) is 34.5 Å². The highest BCUT2D eigenvalue weighted by Gasteiger charge is 2.34. The number of rotatable bonds is 2. The predicted octanol–water partition coefficient (Wildman–Crippen LogP) is 5.83. The first-order valence-electron chi connectivity index (χ1n) is 7.03. The summed E-state index contributed by atoms with van der Waals surface area (Å²) in [5.74, 6) is 0.891. The predicted molar refractivity (Wildman–Crippen MR) is 86.4 cm³/mol. The third-order valence-corrected chi connectivity index (χ3v) is 5.01. The zero-order chi connectivity index (χ0) is 13.2. The minimum absolute atomic E-state index is 0.260. The van der Waals surface area contributed by atoms with E-state index in [0.29, 0.717) is 11.7 Å². The zero-order valence-electron chi connectivity index (χ0n) is 10.9. The van der Waals surface area contributed by atoms with Gasteiger partial charge in [0, 0.05) is 0 Å². The Morgan fingerprint density at radius 2 is 1.63 bits per heavy atom. The van der Waals surface area contributed by atoms with Gasteiger partial charge < -0.3 is 0 Å². The molecule has 0 N–H and O–H groups in total. The molecule has 2 aromatic carbocycles. The molecule has 0 spiro atoms. The lowest BCUT2D eigenvalue weighted by Gasteiger charge is -2.32. The molecule has 0 saturated heterocycles. The summed E-state index contributed by atoms with van der Waals surface area (Å²) in [5, 5.41) is 2.67. The lowest BCUT2D eigenvalue weighted by atomic mass is 9.64. The lowest BCUT2D eigenvalue weighted by molar-refractivity contribution is 0.443. The van der Waals surface area contributed by atoms with Gasteiger partial charge in [-0.3, -0.25) is 0 Å². The molecule has 1 saturated carbocycles. The summed E-state index contributed by atoms with van der Waals surface area (Å²) in [6.45, 7) is 0. The molecular formula is C16H17BCl2. The number of hydrogen-bond acceptors (Lipinski definition) is 0. The van der Waals surface area contributed by atoms with E-state index in [0.717, 1.165) is 6.42 Å². The van der Waals surface area contributed by atoms with E-state index in [4.69, 9.17) is 22.9 Å². The summed E-state index contributed by atoms with van der Waals surface area (Å²) in [4.78, 5) is 0. The molecule has 19 heavy (non-hydrogen) atoms. The third-order valence-electron chi connectivity index (χ3n) is 4.37. The van der Waals surface area contributed by atoms with Crippen LogP contribution in [0.4, 0.5) is 0 Å². The van der Waals surface area contributed by atoms with Gasteiger partial charge in [0.2, 0.25) is 0 Å². The molecule has 98 valence electrons. The summed E-state index contributed by atoms with van der Waals surface area (Å²) < 4.78 is 0. The molecule has 0 amide bonds. The van der Waals surface area contributed by atoms with Crippen LogP contribution in [0.3, 0.4) is 0 Å². The Hall–Kier alpha value is -0.655. The van der Waals surface area contributed by atoms with E-state index in [1.54, 1.807) is 0 Å². The first kappa shape index (κ1) is 13.3. The topological polar surface area (TPSA) is 0 Å². The number of halogens is 2. The van der Waals surface area contributed by atoms with Crippen LogP contribution in [-0.2, 0) is 0 Å². The molecular weight excluding hydrogens is 274 g/mol. The number of fused-ring (bicyclic) bond motifs is 1. The van der Waals surface area contributed by atoms with Gasteiger partial charge in [0.25, 0.3) is 0 Å². The molecule has 1 fully saturated rings. The molecule has 3 heteroatoms. The van der Waals surface area contributed by atoms with Crippen LogP contribution < -0.4 is 0 Å². The van der Waals surface area contributed by atoms with E-state index >= 15 is 0 Å². The van der Waals surface area contributed by atoms with Crippen molar-refractivity contribution in [2.75, 3.05) is 0 Å². The summed E-state index contributed by atoms with van der Waals surface area (Å²) in [7, 11) is 0. The van der Waals surface area contributed by atoms with Crippen molar-refractivity contribution in [3.8, 4) is 0 Å². The Balaban J connectivity index is 2.07. The van der Waals surface area contributed by atoms with Crippen LogP contribution in [0.5, 0.6) is 0 Å². The Bertz CT molecular complexity index is 562. The van der Waals surface area contributed by atoms with E-state index in [1.165, 1.54) is 35.6 Å². The minimum Gasteiger partial charge on any atom is -0.171 e. The summed E-state index contributed by atoms with van der Waals surface area (Å²) in [6.07, 6.45) is 4.88. The van der Waals surface area contributed by atoms with Gasteiger partial charge in [-0.15, -0.1) is 0 Å². The van der Waals surface area contributed by atoms with Crippen LogP contribution in [0.1, 0.15) is 37.2 Å². The van der Waals surface area contributed by atoms with Crippen LogP contribution in [0.15, 0.2) is 42.5 Å². The van der Waals surface area contributed by atoms with E-state index in [2.05, 4.69) is 42.5 Å². The van der Waals surface area contributed by atoms with Crippen molar-refractivity contribution in [3.63, 3.8) is 0 Å². The molecule has 0 aromatic heterocycles. The lowest BCUT2D eigenvalue weighted by Crippen LogP contribution is -2.20. The fourth-order valence-corrected chi connectivity index (χ4v) is 4.02. The molecule has 0 bridgehead atoms. The van der Waals surface area contributed by atoms with Gasteiger partial charge in [-0.2, -0.15) is 22.9 Å². The fraction of sp³-hybridized carbons (Fsp3) is 0.375. The van der Waals surface area contributed by atoms with E-state index in [1.807, 2.05) is 0 Å². The molecule has 1 aliphatic carbocycles. The Morgan fingerprint density at radius 1 is 0.895 bits per heavy atom. The standard InChI is InChI=1S/C16H17BCl2/c18-17(19)16-11-4-3-9-15(16)14-10-5-7-12-6-1-2-8-13(12)14/h1-2,5-8,10,15-16H,3-4,9,11H2/t15-,16+/m0/s1. The molecule has 0 radical (unpaired) electrons. The smallest absolute Gasteiger partial charge is 0.171 e. The van der Waals surface area contributed by atoms with Gasteiger partial charge in [-0.1, -0.05) is 61.7 Å². The second-order valence-electron chi connectivity index (χ2n) is 5.46. The second kappa shape index (κ2) is 5.77. The van der Waals surface area contributed by atoms with Crippen LogP contribution in [0.25, 0.3) is 10.8 Å². The van der Waals surface area contributed by atoms with Gasteiger partial charge in [0.05, 0.1) is 0 Å². The van der Waals surface area contributed by atoms with Crippen LogP contribution in [-0.4, -0.2) is 5.54 Å². The Kier molecular flexibility index (Phi) is 4.05. The molecule has 3 rings (SSSR count). The monoisotopic (exact) mass is 290 g/mol. The van der Waals surface area contributed by atoms with Crippen molar-refractivity contribution in [1.82, 2.24) is 0 Å². The molecule has 1 aliphatic rings. The van der Waals surface area contributed by atoms with Gasteiger partial charge in [0.1, 0.15) is 0 Å². The molecule has 2 atom stereocenters. The third kappa shape index (κ3) is 2.64. The largest absolute Gasteiger partial charge is 0.355 e. The first-order valence-corrected chi connectivity index (χ1v) is 7.90. The van der Waals surface area contributed by atoms with Gasteiger partial charge in [0.15, 0.2) is 0 Å². The zero-order valence-corrected chi connectivity index (χ0v) is 12.4. The van der Waals surface area contributed by atoms with Crippen LogP contribution in [0, 0.1) is 0 Å². The molecule has 2 aromatic rings. The van der Waals surface area contributed by atoms with Crippen molar-refractivity contribution in [2.24, 2.45) is 0 Å². The van der Waals surface area contributed by atoms with Crippen molar-refractivity contribution in [1.29, 1.82) is 0 Å². The highest BCUT2D eigenvalue weighted by atomic mass is 35.5. The highest BCUT2D eigenvalue weighted by molar-refractivity contribution is 7.34. The van der Waals surface area contributed by atoms with Crippen LogP contribution in [0.2, 0.25) is 5.82 Å².